The van der Waals surface area contributed by atoms with Crippen molar-refractivity contribution in [2.45, 2.75) is 6.42 Å². The van der Waals surface area contributed by atoms with E-state index in [1.165, 1.54) is 0 Å². The average molecular weight is 315 g/mol. The lowest BCUT2D eigenvalue weighted by atomic mass is 10.2. The van der Waals surface area contributed by atoms with Gasteiger partial charge in [-0.1, -0.05) is 0 Å². The fraction of sp³-hybridized carbons (Fsp3) is 0.312. The molecule has 1 saturated heterocycles. The predicted molar refractivity (Wildman–Crippen MR) is 82.1 cm³/mol. The van der Waals surface area contributed by atoms with E-state index < -0.39 is 11.6 Å². The quantitative estimate of drug-likeness (QED) is 0.851. The summed E-state index contributed by atoms with van der Waals surface area (Å²) in [4.78, 5) is 12.1. The predicted octanol–water partition coefficient (Wildman–Crippen LogP) is 2.34. The van der Waals surface area contributed by atoms with Crippen LogP contribution in [0.2, 0.25) is 0 Å². The lowest BCUT2D eigenvalue weighted by molar-refractivity contribution is 0.571. The summed E-state index contributed by atoms with van der Waals surface area (Å²) in [6.45, 7) is 2.28. The minimum Gasteiger partial charge on any atom is -0.365 e. The van der Waals surface area contributed by atoms with Gasteiger partial charge in [-0.25, -0.2) is 18.7 Å². The van der Waals surface area contributed by atoms with Crippen LogP contribution in [-0.2, 0) is 0 Å². The summed E-state index contributed by atoms with van der Waals surface area (Å²) in [6, 6.07) is 5.64. The van der Waals surface area contributed by atoms with Crippen LogP contribution >= 0.6 is 0 Å². The molecule has 1 aliphatic rings. The van der Waals surface area contributed by atoms with Gasteiger partial charge in [0.15, 0.2) is 11.6 Å². The second-order valence-corrected chi connectivity index (χ2v) is 5.28. The van der Waals surface area contributed by atoms with E-state index in [0.717, 1.165) is 25.1 Å². The number of nitriles is 1. The van der Waals surface area contributed by atoms with E-state index in [2.05, 4.69) is 9.97 Å². The largest absolute Gasteiger partial charge is 0.365 e. The molecule has 2 aromatic rings. The molecular weight excluding hydrogens is 300 g/mol. The highest BCUT2D eigenvalue weighted by atomic mass is 19.1. The maximum absolute atomic E-state index is 14.2. The minimum absolute atomic E-state index is 0.0158. The molecule has 3 rings (SSSR count). The van der Waals surface area contributed by atoms with Crippen LogP contribution < -0.4 is 9.80 Å². The van der Waals surface area contributed by atoms with Crippen molar-refractivity contribution in [3.63, 3.8) is 0 Å². The van der Waals surface area contributed by atoms with E-state index in [1.807, 2.05) is 4.90 Å². The van der Waals surface area contributed by atoms with Crippen LogP contribution in [0.5, 0.6) is 0 Å². The molecule has 1 aliphatic heterocycles. The van der Waals surface area contributed by atoms with Crippen molar-refractivity contribution >= 4 is 11.6 Å². The number of aromatic nitrogens is 2. The fourth-order valence-electron chi connectivity index (χ4n) is 2.73. The van der Waals surface area contributed by atoms with Crippen LogP contribution in [0.3, 0.4) is 0 Å². The van der Waals surface area contributed by atoms with Crippen molar-refractivity contribution < 1.29 is 8.78 Å². The second kappa shape index (κ2) is 6.57. The Hall–Kier alpha value is -2.75. The zero-order chi connectivity index (χ0) is 16.2. The highest BCUT2D eigenvalue weighted by molar-refractivity contribution is 5.53. The van der Waals surface area contributed by atoms with Crippen molar-refractivity contribution in [3.05, 3.63) is 47.8 Å². The third-order valence-electron chi connectivity index (χ3n) is 3.79. The highest BCUT2D eigenvalue weighted by Gasteiger charge is 2.22. The first-order valence-electron chi connectivity index (χ1n) is 7.35. The number of anilines is 2. The molecule has 1 aromatic carbocycles. The molecular formula is C16H15F2N5. The Bertz CT molecular complexity index is 706. The van der Waals surface area contributed by atoms with Crippen molar-refractivity contribution in [2.24, 2.45) is 0 Å². The molecule has 0 N–H and O–H groups in total. The first kappa shape index (κ1) is 15.2. The molecule has 0 spiro atoms. The lowest BCUT2D eigenvalue weighted by Crippen LogP contribution is -2.32. The Morgan fingerprint density at radius 3 is 2.22 bits per heavy atom. The Kier molecular flexibility index (Phi) is 4.33. The third kappa shape index (κ3) is 3.21. The fourth-order valence-corrected chi connectivity index (χ4v) is 2.73. The molecule has 0 saturated carbocycles. The molecule has 118 valence electrons. The Labute approximate surface area is 132 Å². The van der Waals surface area contributed by atoms with Gasteiger partial charge >= 0.3 is 0 Å². The molecule has 7 heteroatoms. The topological polar surface area (TPSA) is 56.1 Å². The molecule has 0 bridgehead atoms. The number of benzene rings is 1. The summed E-state index contributed by atoms with van der Waals surface area (Å²) in [5.41, 5.74) is -0.0854. The van der Waals surface area contributed by atoms with E-state index in [4.69, 9.17) is 5.26 Å². The van der Waals surface area contributed by atoms with Gasteiger partial charge in [0.1, 0.15) is 5.69 Å². The van der Waals surface area contributed by atoms with E-state index in [9.17, 15) is 8.78 Å². The van der Waals surface area contributed by atoms with E-state index in [0.29, 0.717) is 25.6 Å². The Morgan fingerprint density at radius 1 is 0.957 bits per heavy atom. The molecule has 0 amide bonds. The van der Waals surface area contributed by atoms with Crippen molar-refractivity contribution in [1.82, 2.24) is 9.97 Å². The summed E-state index contributed by atoms with van der Waals surface area (Å²) < 4.78 is 28.3. The van der Waals surface area contributed by atoms with Crippen LogP contribution in [0.4, 0.5) is 20.4 Å². The summed E-state index contributed by atoms with van der Waals surface area (Å²) in [5.74, 6) is -0.785. The van der Waals surface area contributed by atoms with Crippen LogP contribution in [-0.4, -0.2) is 36.1 Å². The smallest absolute Gasteiger partial charge is 0.225 e. The molecule has 0 radical (unpaired) electrons. The minimum atomic E-state index is -0.703. The highest BCUT2D eigenvalue weighted by Crippen LogP contribution is 2.26. The van der Waals surface area contributed by atoms with E-state index in [1.54, 1.807) is 29.4 Å². The van der Waals surface area contributed by atoms with E-state index >= 15 is 0 Å². The molecule has 1 aromatic heterocycles. The molecule has 2 heterocycles. The van der Waals surface area contributed by atoms with Gasteiger partial charge in [-0.2, -0.15) is 5.26 Å². The van der Waals surface area contributed by atoms with Gasteiger partial charge in [0.05, 0.1) is 11.6 Å². The molecule has 0 atom stereocenters. The zero-order valence-electron chi connectivity index (χ0n) is 12.4. The summed E-state index contributed by atoms with van der Waals surface area (Å²) >= 11 is 0. The Balaban J connectivity index is 1.80. The first-order valence-corrected chi connectivity index (χ1v) is 7.35. The zero-order valence-corrected chi connectivity index (χ0v) is 12.4. The van der Waals surface area contributed by atoms with E-state index in [-0.39, 0.29) is 11.3 Å². The summed E-state index contributed by atoms with van der Waals surface area (Å²) in [6.07, 6.45) is 4.08. The van der Waals surface area contributed by atoms with Gasteiger partial charge in [-0.3, -0.25) is 0 Å². The molecule has 0 unspecified atom stereocenters. The maximum Gasteiger partial charge on any atom is 0.225 e. The summed E-state index contributed by atoms with van der Waals surface area (Å²) in [5, 5.41) is 8.78. The van der Waals surface area contributed by atoms with Gasteiger partial charge in [-0.05, 0) is 24.6 Å². The maximum atomic E-state index is 14.2. The van der Waals surface area contributed by atoms with Crippen molar-refractivity contribution in [2.75, 3.05) is 36.0 Å². The van der Waals surface area contributed by atoms with Gasteiger partial charge in [0.2, 0.25) is 5.95 Å². The monoisotopic (exact) mass is 315 g/mol. The van der Waals surface area contributed by atoms with Crippen LogP contribution in [0.25, 0.3) is 0 Å². The average Bonchev–Trinajstić information content (AvgIpc) is 2.81. The van der Waals surface area contributed by atoms with Gasteiger partial charge in [0, 0.05) is 38.6 Å². The van der Waals surface area contributed by atoms with Crippen molar-refractivity contribution in [1.29, 1.82) is 5.26 Å². The Morgan fingerprint density at radius 2 is 1.57 bits per heavy atom. The molecule has 1 fully saturated rings. The van der Waals surface area contributed by atoms with Crippen LogP contribution in [0, 0.1) is 23.0 Å². The third-order valence-corrected chi connectivity index (χ3v) is 3.79. The lowest BCUT2D eigenvalue weighted by Gasteiger charge is -2.24. The first-order chi connectivity index (χ1) is 11.2. The molecule has 5 nitrogen and oxygen atoms in total. The van der Waals surface area contributed by atoms with Gasteiger partial charge in [0.25, 0.3) is 0 Å². The normalized spacial score (nSPS) is 15.2. The number of hydrogen-bond acceptors (Lipinski definition) is 5. The number of hydrogen-bond donors (Lipinski definition) is 0. The van der Waals surface area contributed by atoms with Crippen LogP contribution in [0.15, 0.2) is 30.6 Å². The van der Waals surface area contributed by atoms with Gasteiger partial charge < -0.3 is 9.80 Å². The number of halogens is 2. The second-order valence-electron chi connectivity index (χ2n) is 5.28. The van der Waals surface area contributed by atoms with Crippen molar-refractivity contribution in [3.8, 4) is 6.07 Å². The number of rotatable bonds is 2. The van der Waals surface area contributed by atoms with Gasteiger partial charge in [-0.15, -0.1) is 0 Å². The SMILES string of the molecule is N#Cc1cc(F)c(N2CCCN(c3ncccn3)CC2)c(F)c1. The number of nitrogens with zero attached hydrogens (tertiary/aromatic N) is 5. The van der Waals surface area contributed by atoms with Crippen LogP contribution in [0.1, 0.15) is 12.0 Å². The summed E-state index contributed by atoms with van der Waals surface area (Å²) in [7, 11) is 0. The molecule has 23 heavy (non-hydrogen) atoms. The standard InChI is InChI=1S/C16H15F2N5/c17-13-9-12(11-19)10-14(18)15(13)22-5-2-6-23(8-7-22)16-20-3-1-4-21-16/h1,3-4,9-10H,2,5-8H2. The molecule has 0 aliphatic carbocycles.